The average Bonchev–Trinajstić information content (AvgIpc) is 3.54. The van der Waals surface area contributed by atoms with E-state index in [0.29, 0.717) is 38.3 Å². The molecule has 31 heavy (non-hydrogen) atoms. The minimum atomic E-state index is -0.659. The first kappa shape index (κ1) is 19.9. The van der Waals surface area contributed by atoms with Gasteiger partial charge in [0.1, 0.15) is 5.69 Å². The molecule has 9 nitrogen and oxygen atoms in total. The van der Waals surface area contributed by atoms with Crippen molar-refractivity contribution in [3.05, 3.63) is 52.3 Å². The molecule has 2 atom stereocenters. The number of thiazole rings is 1. The summed E-state index contributed by atoms with van der Waals surface area (Å²) in [5, 5.41) is 7.13. The molecule has 0 bridgehead atoms. The van der Waals surface area contributed by atoms with E-state index in [1.165, 1.54) is 0 Å². The molecule has 0 aliphatic carbocycles. The van der Waals surface area contributed by atoms with Crippen LogP contribution in [0.1, 0.15) is 39.2 Å². The molecule has 3 aromatic heterocycles. The molecule has 0 saturated carbocycles. The first-order chi connectivity index (χ1) is 14.9. The number of rotatable bonds is 4. The quantitative estimate of drug-likeness (QED) is 0.616. The molecule has 2 fully saturated rings. The number of hydrogen-bond donors (Lipinski definition) is 0. The zero-order chi connectivity index (χ0) is 21.8. The minimum absolute atomic E-state index is 0.0918. The second-order valence-electron chi connectivity index (χ2n) is 8.53. The Kier molecular flexibility index (Phi) is 4.69. The predicted molar refractivity (Wildman–Crippen MR) is 114 cm³/mol. The number of carbonyl (C=O) groups is 2. The van der Waals surface area contributed by atoms with Crippen molar-refractivity contribution in [1.82, 2.24) is 34.1 Å². The highest BCUT2D eigenvalue weighted by molar-refractivity contribution is 7.09. The van der Waals surface area contributed by atoms with Crippen LogP contribution in [0.4, 0.5) is 0 Å². The molecule has 0 N–H and O–H groups in total. The molecule has 3 aromatic rings. The minimum Gasteiger partial charge on any atom is -0.340 e. The molecule has 2 saturated heterocycles. The van der Waals surface area contributed by atoms with Gasteiger partial charge in [-0.15, -0.1) is 11.3 Å². The molecular weight excluding hydrogens is 414 g/mol. The summed E-state index contributed by atoms with van der Waals surface area (Å²) in [5.74, 6) is -0.145. The Bertz CT molecular complexity index is 1150. The van der Waals surface area contributed by atoms with Gasteiger partial charge in [0.2, 0.25) is 5.91 Å². The molecule has 2 aliphatic rings. The Morgan fingerprint density at radius 3 is 2.84 bits per heavy atom. The number of nitrogens with zero attached hydrogens (tertiary/aromatic N) is 7. The van der Waals surface area contributed by atoms with Crippen LogP contribution in [0.2, 0.25) is 0 Å². The van der Waals surface area contributed by atoms with E-state index in [-0.39, 0.29) is 17.7 Å². The fraction of sp³-hybridized carbons (Fsp3) is 0.476. The monoisotopic (exact) mass is 439 g/mol. The molecule has 0 aromatic carbocycles. The third-order valence-corrected chi connectivity index (χ3v) is 7.33. The van der Waals surface area contributed by atoms with Crippen molar-refractivity contribution in [3.63, 3.8) is 0 Å². The van der Waals surface area contributed by atoms with Crippen LogP contribution in [-0.2, 0) is 25.4 Å². The van der Waals surface area contributed by atoms with Crippen molar-refractivity contribution in [2.24, 2.45) is 19.5 Å². The molecule has 162 valence electrons. The van der Waals surface area contributed by atoms with Crippen molar-refractivity contribution in [2.45, 2.75) is 25.8 Å². The summed E-state index contributed by atoms with van der Waals surface area (Å²) in [6.07, 6.45) is 6.03. The molecular formula is C21H25N7O2S. The van der Waals surface area contributed by atoms with Crippen LogP contribution in [0, 0.1) is 12.3 Å². The lowest BCUT2D eigenvalue weighted by atomic mass is 9.75. The Morgan fingerprint density at radius 2 is 2.19 bits per heavy atom. The highest BCUT2D eigenvalue weighted by Gasteiger charge is 2.58. The Hall–Kier alpha value is -3.01. The van der Waals surface area contributed by atoms with Crippen LogP contribution in [-0.4, -0.2) is 65.6 Å². The maximum atomic E-state index is 13.8. The number of imidazole rings is 1. The number of likely N-dealkylation sites (tertiary alicyclic amines) is 2. The molecule has 1 spiro atoms. The fourth-order valence-electron chi connectivity index (χ4n) is 4.96. The summed E-state index contributed by atoms with van der Waals surface area (Å²) in [6.45, 7) is 4.00. The summed E-state index contributed by atoms with van der Waals surface area (Å²) < 4.78 is 3.47. The second kappa shape index (κ2) is 7.30. The summed E-state index contributed by atoms with van der Waals surface area (Å²) in [6, 6.07) is 1.72. The standard InChI is InChI=1S/C21H25N7O2S/c1-14-24-15(11-31-14)8-27-7-5-21(20(27)30)12-28(19(29)18-4-6-23-26(18)3)9-16(21)17-10-25(2)13-22-17/h4,6,10-11,13,16H,5,7-9,12H2,1-3H3/t16-,21-/m0/s1. The van der Waals surface area contributed by atoms with E-state index >= 15 is 0 Å². The van der Waals surface area contributed by atoms with Gasteiger partial charge in [-0.25, -0.2) is 9.97 Å². The van der Waals surface area contributed by atoms with Gasteiger partial charge in [0.25, 0.3) is 5.91 Å². The van der Waals surface area contributed by atoms with E-state index in [2.05, 4.69) is 15.1 Å². The largest absolute Gasteiger partial charge is 0.340 e. The van der Waals surface area contributed by atoms with Gasteiger partial charge >= 0.3 is 0 Å². The zero-order valence-electron chi connectivity index (χ0n) is 17.9. The molecule has 0 radical (unpaired) electrons. The van der Waals surface area contributed by atoms with E-state index in [1.807, 2.05) is 35.0 Å². The van der Waals surface area contributed by atoms with E-state index in [0.717, 1.165) is 16.4 Å². The summed E-state index contributed by atoms with van der Waals surface area (Å²) in [4.78, 5) is 39.8. The highest BCUT2D eigenvalue weighted by atomic mass is 32.1. The van der Waals surface area contributed by atoms with E-state index in [1.54, 1.807) is 46.6 Å². The number of carbonyl (C=O) groups excluding carboxylic acids is 2. The Balaban J connectivity index is 1.46. The molecule has 2 amide bonds. The smallest absolute Gasteiger partial charge is 0.272 e. The maximum Gasteiger partial charge on any atom is 0.272 e. The normalized spacial score (nSPS) is 23.5. The number of aromatic nitrogens is 5. The first-order valence-corrected chi connectivity index (χ1v) is 11.2. The van der Waals surface area contributed by atoms with Gasteiger partial charge in [-0.3, -0.25) is 14.3 Å². The van der Waals surface area contributed by atoms with Crippen molar-refractivity contribution in [3.8, 4) is 0 Å². The van der Waals surface area contributed by atoms with Gasteiger partial charge in [0, 0.05) is 57.4 Å². The fourth-order valence-corrected chi connectivity index (χ4v) is 5.56. The van der Waals surface area contributed by atoms with Crippen molar-refractivity contribution in [2.75, 3.05) is 19.6 Å². The van der Waals surface area contributed by atoms with Crippen LogP contribution in [0.25, 0.3) is 0 Å². The van der Waals surface area contributed by atoms with Crippen LogP contribution >= 0.6 is 11.3 Å². The SMILES string of the molecule is Cc1nc(CN2CC[C@@]3(CN(C(=O)c4ccnn4C)C[C@H]3c3cn(C)cn3)C2=O)cs1. The lowest BCUT2D eigenvalue weighted by Crippen LogP contribution is -2.40. The van der Waals surface area contributed by atoms with Gasteiger partial charge in [0.05, 0.1) is 34.7 Å². The number of amides is 2. The second-order valence-corrected chi connectivity index (χ2v) is 9.60. The van der Waals surface area contributed by atoms with Crippen LogP contribution in [0.3, 0.4) is 0 Å². The number of hydrogen-bond acceptors (Lipinski definition) is 6. The molecule has 2 aliphatic heterocycles. The lowest BCUT2D eigenvalue weighted by molar-refractivity contribution is -0.136. The predicted octanol–water partition coefficient (Wildman–Crippen LogP) is 1.58. The van der Waals surface area contributed by atoms with Crippen molar-refractivity contribution < 1.29 is 9.59 Å². The summed E-state index contributed by atoms with van der Waals surface area (Å²) in [5.41, 5.74) is 1.65. The van der Waals surface area contributed by atoms with Gasteiger partial charge in [-0.2, -0.15) is 5.10 Å². The average molecular weight is 440 g/mol. The van der Waals surface area contributed by atoms with E-state index in [9.17, 15) is 9.59 Å². The van der Waals surface area contributed by atoms with Crippen LogP contribution in [0.5, 0.6) is 0 Å². The number of aryl methyl sites for hydroxylation is 3. The van der Waals surface area contributed by atoms with Crippen LogP contribution in [0.15, 0.2) is 30.2 Å². The third-order valence-electron chi connectivity index (χ3n) is 6.51. The molecule has 5 rings (SSSR count). The lowest BCUT2D eigenvalue weighted by Gasteiger charge is -2.27. The zero-order valence-corrected chi connectivity index (χ0v) is 18.7. The highest BCUT2D eigenvalue weighted by Crippen LogP contribution is 2.50. The first-order valence-electron chi connectivity index (χ1n) is 10.3. The van der Waals surface area contributed by atoms with Gasteiger partial charge in [-0.1, -0.05) is 0 Å². The topological polar surface area (TPSA) is 89.2 Å². The van der Waals surface area contributed by atoms with E-state index < -0.39 is 5.41 Å². The Morgan fingerprint density at radius 1 is 1.35 bits per heavy atom. The molecule has 5 heterocycles. The van der Waals surface area contributed by atoms with Gasteiger partial charge in [-0.05, 0) is 19.4 Å². The van der Waals surface area contributed by atoms with Crippen molar-refractivity contribution in [1.29, 1.82) is 0 Å². The van der Waals surface area contributed by atoms with Gasteiger partial charge in [0.15, 0.2) is 0 Å². The third kappa shape index (κ3) is 3.25. The van der Waals surface area contributed by atoms with E-state index in [4.69, 9.17) is 0 Å². The maximum absolute atomic E-state index is 13.8. The van der Waals surface area contributed by atoms with Crippen LogP contribution < -0.4 is 0 Å². The molecule has 10 heteroatoms. The summed E-state index contributed by atoms with van der Waals surface area (Å²) in [7, 11) is 3.68. The Labute approximate surface area is 184 Å². The van der Waals surface area contributed by atoms with Gasteiger partial charge < -0.3 is 14.4 Å². The summed E-state index contributed by atoms with van der Waals surface area (Å²) >= 11 is 1.59. The van der Waals surface area contributed by atoms with Crippen molar-refractivity contribution >= 4 is 23.2 Å². The molecule has 0 unspecified atom stereocenters.